The van der Waals surface area contributed by atoms with Gasteiger partial charge in [-0.3, -0.25) is 9.59 Å². The van der Waals surface area contributed by atoms with Crippen LogP contribution in [0.4, 0.5) is 23.4 Å². The maximum atomic E-state index is 13.8. The van der Waals surface area contributed by atoms with E-state index in [1.165, 1.54) is 12.1 Å². The molecule has 1 aromatic carbocycles. The van der Waals surface area contributed by atoms with Crippen LogP contribution in [-0.4, -0.2) is 23.2 Å². The zero-order chi connectivity index (χ0) is 20.9. The third-order valence-corrected chi connectivity index (χ3v) is 3.61. The molecular weight excluding hydrogens is 382 g/mol. The SMILES string of the molecule is CCC(=O)Nc1ccc(C(=O)NCc2cc(OC(F)(F)F)ccc2F)c(C)n1. The van der Waals surface area contributed by atoms with Crippen molar-refractivity contribution in [3.8, 4) is 5.75 Å². The Morgan fingerprint density at radius 2 is 1.89 bits per heavy atom. The van der Waals surface area contributed by atoms with Gasteiger partial charge in [-0.15, -0.1) is 13.2 Å². The summed E-state index contributed by atoms with van der Waals surface area (Å²) in [5.41, 5.74) is 0.325. The molecule has 2 rings (SSSR count). The van der Waals surface area contributed by atoms with E-state index in [2.05, 4.69) is 20.4 Å². The van der Waals surface area contributed by atoms with Crippen LogP contribution >= 0.6 is 0 Å². The number of amides is 2. The van der Waals surface area contributed by atoms with Crippen molar-refractivity contribution in [2.75, 3.05) is 5.32 Å². The molecular formula is C18H17F4N3O3. The lowest BCUT2D eigenvalue weighted by atomic mass is 10.1. The summed E-state index contributed by atoms with van der Waals surface area (Å²) in [6.45, 7) is 2.88. The number of halogens is 4. The normalized spacial score (nSPS) is 11.1. The lowest BCUT2D eigenvalue weighted by molar-refractivity contribution is -0.274. The van der Waals surface area contributed by atoms with E-state index in [0.717, 1.165) is 18.2 Å². The molecule has 2 aromatic rings. The molecule has 10 heteroatoms. The first-order valence-electron chi connectivity index (χ1n) is 8.19. The molecule has 0 saturated carbocycles. The first-order valence-corrected chi connectivity index (χ1v) is 8.19. The molecule has 6 nitrogen and oxygen atoms in total. The number of nitrogens with one attached hydrogen (secondary N) is 2. The molecule has 0 spiro atoms. The number of carbonyl (C=O) groups is 2. The number of benzene rings is 1. The van der Waals surface area contributed by atoms with Gasteiger partial charge in [0, 0.05) is 18.5 Å². The van der Waals surface area contributed by atoms with Gasteiger partial charge in [0.05, 0.1) is 11.3 Å². The number of hydrogen-bond donors (Lipinski definition) is 2. The van der Waals surface area contributed by atoms with Crippen molar-refractivity contribution in [3.05, 3.63) is 53.0 Å². The van der Waals surface area contributed by atoms with Gasteiger partial charge in [-0.25, -0.2) is 9.37 Å². The fraction of sp³-hybridized carbons (Fsp3) is 0.278. The largest absolute Gasteiger partial charge is 0.573 e. The molecule has 1 heterocycles. The number of rotatable bonds is 6. The van der Waals surface area contributed by atoms with Crippen LogP contribution in [0.2, 0.25) is 0 Å². The first kappa shape index (κ1) is 21.1. The number of ether oxygens (including phenoxy) is 1. The number of aromatic nitrogens is 1. The summed E-state index contributed by atoms with van der Waals surface area (Å²) >= 11 is 0. The van der Waals surface area contributed by atoms with E-state index in [4.69, 9.17) is 0 Å². The Bertz CT molecular complexity index is 885. The number of alkyl halides is 3. The average molecular weight is 399 g/mol. The Kier molecular flexibility index (Phi) is 6.55. The van der Waals surface area contributed by atoms with E-state index < -0.39 is 23.8 Å². The van der Waals surface area contributed by atoms with E-state index >= 15 is 0 Å². The van der Waals surface area contributed by atoms with Gasteiger partial charge >= 0.3 is 6.36 Å². The molecule has 0 fully saturated rings. The Morgan fingerprint density at radius 3 is 2.50 bits per heavy atom. The van der Waals surface area contributed by atoms with Crippen LogP contribution in [0, 0.1) is 12.7 Å². The van der Waals surface area contributed by atoms with Gasteiger partial charge in [0.1, 0.15) is 17.4 Å². The second-order valence-electron chi connectivity index (χ2n) is 5.71. The van der Waals surface area contributed by atoms with E-state index in [1.54, 1.807) is 13.8 Å². The van der Waals surface area contributed by atoms with Gasteiger partial charge < -0.3 is 15.4 Å². The summed E-state index contributed by atoms with van der Waals surface area (Å²) in [5, 5.41) is 4.97. The van der Waals surface area contributed by atoms with Gasteiger partial charge in [0.2, 0.25) is 5.91 Å². The van der Waals surface area contributed by atoms with Crippen molar-refractivity contribution in [1.82, 2.24) is 10.3 Å². The molecule has 0 aliphatic carbocycles. The maximum Gasteiger partial charge on any atom is 0.573 e. The Labute approximate surface area is 157 Å². The van der Waals surface area contributed by atoms with Crippen molar-refractivity contribution in [2.45, 2.75) is 33.2 Å². The minimum absolute atomic E-state index is 0.174. The monoisotopic (exact) mass is 399 g/mol. The van der Waals surface area contributed by atoms with E-state index in [1.807, 2.05) is 0 Å². The minimum atomic E-state index is -4.91. The molecule has 28 heavy (non-hydrogen) atoms. The second-order valence-corrected chi connectivity index (χ2v) is 5.71. The quantitative estimate of drug-likeness (QED) is 0.726. The number of nitrogens with zero attached hydrogens (tertiary/aromatic N) is 1. The summed E-state index contributed by atoms with van der Waals surface area (Å²) in [4.78, 5) is 27.7. The highest BCUT2D eigenvalue weighted by atomic mass is 19.4. The topological polar surface area (TPSA) is 80.3 Å². The first-order chi connectivity index (χ1) is 13.1. The van der Waals surface area contributed by atoms with Gasteiger partial charge in [-0.2, -0.15) is 0 Å². The summed E-state index contributed by atoms with van der Waals surface area (Å²) in [6, 6.07) is 5.39. The third kappa shape index (κ3) is 5.93. The van der Waals surface area contributed by atoms with Crippen molar-refractivity contribution >= 4 is 17.6 Å². The molecule has 2 N–H and O–H groups in total. The molecule has 0 aliphatic heterocycles. The Balaban J connectivity index is 2.08. The van der Waals surface area contributed by atoms with Gasteiger partial charge in [-0.1, -0.05) is 6.92 Å². The molecule has 0 aliphatic rings. The van der Waals surface area contributed by atoms with Crippen LogP contribution < -0.4 is 15.4 Å². The van der Waals surface area contributed by atoms with Crippen LogP contribution in [0.5, 0.6) is 5.75 Å². The average Bonchev–Trinajstić information content (AvgIpc) is 2.60. The van der Waals surface area contributed by atoms with E-state index in [0.29, 0.717) is 5.69 Å². The fourth-order valence-corrected chi connectivity index (χ4v) is 2.26. The van der Waals surface area contributed by atoms with Gasteiger partial charge in [0.15, 0.2) is 0 Å². The van der Waals surface area contributed by atoms with E-state index in [-0.39, 0.29) is 35.8 Å². The maximum absolute atomic E-state index is 13.8. The molecule has 150 valence electrons. The molecule has 0 radical (unpaired) electrons. The highest BCUT2D eigenvalue weighted by molar-refractivity contribution is 5.96. The van der Waals surface area contributed by atoms with Crippen LogP contribution in [0.15, 0.2) is 30.3 Å². The molecule has 0 saturated heterocycles. The lowest BCUT2D eigenvalue weighted by Crippen LogP contribution is -2.25. The molecule has 0 atom stereocenters. The van der Waals surface area contributed by atoms with Crippen LogP contribution in [0.25, 0.3) is 0 Å². The Morgan fingerprint density at radius 1 is 1.18 bits per heavy atom. The minimum Gasteiger partial charge on any atom is -0.406 e. The Hall–Kier alpha value is -3.17. The predicted octanol–water partition coefficient (Wildman–Crippen LogP) is 3.71. The van der Waals surface area contributed by atoms with Crippen LogP contribution in [0.1, 0.15) is 35.0 Å². The molecule has 1 aromatic heterocycles. The van der Waals surface area contributed by atoms with Gasteiger partial charge in [0.25, 0.3) is 5.91 Å². The van der Waals surface area contributed by atoms with Crippen LogP contribution in [0.3, 0.4) is 0 Å². The highest BCUT2D eigenvalue weighted by Gasteiger charge is 2.31. The van der Waals surface area contributed by atoms with E-state index in [9.17, 15) is 27.2 Å². The molecule has 0 bridgehead atoms. The zero-order valence-corrected chi connectivity index (χ0v) is 15.0. The number of hydrogen-bond acceptors (Lipinski definition) is 4. The highest BCUT2D eigenvalue weighted by Crippen LogP contribution is 2.24. The molecule has 0 unspecified atom stereocenters. The smallest absolute Gasteiger partial charge is 0.406 e. The van der Waals surface area contributed by atoms with Crippen molar-refractivity contribution < 1.29 is 31.9 Å². The standard InChI is InChI=1S/C18H17F4N3O3/c1-3-16(26)25-15-7-5-13(10(2)24-15)17(27)23-9-11-8-12(4-6-14(11)19)28-18(20,21)22/h4-8H,3,9H2,1-2H3,(H,23,27)(H,24,25,26). The number of pyridine rings is 1. The predicted molar refractivity (Wildman–Crippen MR) is 92.1 cm³/mol. The number of anilines is 1. The second kappa shape index (κ2) is 8.68. The summed E-state index contributed by atoms with van der Waals surface area (Å²) in [6.07, 6.45) is -4.64. The lowest BCUT2D eigenvalue weighted by Gasteiger charge is -2.12. The zero-order valence-electron chi connectivity index (χ0n) is 15.0. The number of aryl methyl sites for hydroxylation is 1. The third-order valence-electron chi connectivity index (χ3n) is 3.61. The summed E-state index contributed by atoms with van der Waals surface area (Å²) in [5.74, 6) is -1.93. The summed E-state index contributed by atoms with van der Waals surface area (Å²) in [7, 11) is 0. The fourth-order valence-electron chi connectivity index (χ4n) is 2.26. The van der Waals surface area contributed by atoms with Crippen LogP contribution in [-0.2, 0) is 11.3 Å². The van der Waals surface area contributed by atoms with Crippen molar-refractivity contribution in [2.24, 2.45) is 0 Å². The molecule has 2 amide bonds. The number of carbonyl (C=O) groups excluding carboxylic acids is 2. The van der Waals surface area contributed by atoms with Crippen molar-refractivity contribution in [3.63, 3.8) is 0 Å². The van der Waals surface area contributed by atoms with Crippen molar-refractivity contribution in [1.29, 1.82) is 0 Å². The van der Waals surface area contributed by atoms with Gasteiger partial charge in [-0.05, 0) is 37.3 Å². The summed E-state index contributed by atoms with van der Waals surface area (Å²) < 4.78 is 54.3.